The predicted octanol–water partition coefficient (Wildman–Crippen LogP) is 1.73. The molecule has 7 nitrogen and oxygen atoms in total. The molecule has 1 aliphatic carbocycles. The van der Waals surface area contributed by atoms with E-state index >= 15 is 0 Å². The van der Waals surface area contributed by atoms with Crippen LogP contribution in [0.25, 0.3) is 0 Å². The van der Waals surface area contributed by atoms with Gasteiger partial charge in [0.2, 0.25) is 5.91 Å². The Bertz CT molecular complexity index is 734. The fraction of sp³-hybridized carbons (Fsp3) is 0.619. The fourth-order valence-corrected chi connectivity index (χ4v) is 3.85. The molecule has 0 atom stereocenters. The van der Waals surface area contributed by atoms with Gasteiger partial charge in [-0.05, 0) is 63.0 Å². The van der Waals surface area contributed by atoms with E-state index in [0.717, 1.165) is 32.1 Å². The minimum atomic E-state index is -0.203. The number of piperazine rings is 1. The number of aryl methyl sites for hydroxylation is 3. The second-order valence-corrected chi connectivity index (χ2v) is 7.78. The van der Waals surface area contributed by atoms with E-state index in [4.69, 9.17) is 0 Å². The second kappa shape index (κ2) is 9.66. The molecule has 0 spiro atoms. The van der Waals surface area contributed by atoms with E-state index in [9.17, 15) is 14.4 Å². The molecule has 0 aromatic carbocycles. The van der Waals surface area contributed by atoms with Gasteiger partial charge in [-0.2, -0.15) is 0 Å². The molecule has 2 aliphatic rings. The number of fused-ring (bicyclic) bond motifs is 1. The first-order chi connectivity index (χ1) is 13.5. The summed E-state index contributed by atoms with van der Waals surface area (Å²) < 4.78 is 0. The highest BCUT2D eigenvalue weighted by molar-refractivity contribution is 5.88. The van der Waals surface area contributed by atoms with Crippen molar-refractivity contribution in [3.05, 3.63) is 29.1 Å². The molecule has 1 saturated heterocycles. The molecule has 7 heteroatoms. The average molecular weight is 386 g/mol. The summed E-state index contributed by atoms with van der Waals surface area (Å²) in [6.07, 6.45) is 9.60. The molecule has 28 heavy (non-hydrogen) atoms. The normalized spacial score (nSPS) is 16.7. The van der Waals surface area contributed by atoms with Crippen molar-refractivity contribution in [1.82, 2.24) is 20.1 Å². The van der Waals surface area contributed by atoms with Gasteiger partial charge < -0.3 is 15.1 Å². The first-order valence-corrected chi connectivity index (χ1v) is 10.3. The maximum Gasteiger partial charge on any atom is 0.317 e. The average Bonchev–Trinajstić information content (AvgIpc) is 2.68. The monoisotopic (exact) mass is 386 g/mol. The van der Waals surface area contributed by atoms with Crippen LogP contribution in [0.2, 0.25) is 0 Å². The van der Waals surface area contributed by atoms with E-state index in [-0.39, 0.29) is 30.8 Å². The van der Waals surface area contributed by atoms with Gasteiger partial charge >= 0.3 is 6.03 Å². The highest BCUT2D eigenvalue weighted by Crippen LogP contribution is 2.20. The Labute approximate surface area is 166 Å². The minimum absolute atomic E-state index is 0.0413. The van der Waals surface area contributed by atoms with Gasteiger partial charge in [0.15, 0.2) is 0 Å². The highest BCUT2D eigenvalue weighted by Gasteiger charge is 2.27. The second-order valence-electron chi connectivity index (χ2n) is 7.78. The van der Waals surface area contributed by atoms with Crippen LogP contribution in [0.4, 0.5) is 4.79 Å². The number of nitrogens with zero attached hydrogens (tertiary/aromatic N) is 3. The fourth-order valence-electron chi connectivity index (χ4n) is 3.85. The number of pyridine rings is 1. The van der Waals surface area contributed by atoms with Crippen LogP contribution in [-0.4, -0.2) is 65.2 Å². The standard InChI is InChI=1S/C21H30N4O3/c1-16(26)14-24-10-11-25(15-20(24)27)21(28)22-9-5-4-6-17-12-18-7-2-3-8-19(18)23-13-17/h12-13H,2-11,14-15H2,1H3,(H,22,28). The van der Waals surface area contributed by atoms with Gasteiger partial charge in [-0.1, -0.05) is 6.07 Å². The number of nitrogens with one attached hydrogen (secondary N) is 1. The van der Waals surface area contributed by atoms with Crippen molar-refractivity contribution in [2.45, 2.75) is 51.9 Å². The molecular weight excluding hydrogens is 356 g/mol. The van der Waals surface area contributed by atoms with Crippen LogP contribution in [0, 0.1) is 0 Å². The number of hydrogen-bond donors (Lipinski definition) is 1. The molecule has 3 amide bonds. The molecule has 0 radical (unpaired) electrons. The van der Waals surface area contributed by atoms with Gasteiger partial charge in [0.1, 0.15) is 12.3 Å². The highest BCUT2D eigenvalue weighted by atomic mass is 16.2. The minimum Gasteiger partial charge on any atom is -0.338 e. The molecule has 1 aromatic heterocycles. The number of amides is 3. The largest absolute Gasteiger partial charge is 0.338 e. The quantitative estimate of drug-likeness (QED) is 0.724. The van der Waals surface area contributed by atoms with Crippen LogP contribution in [-0.2, 0) is 28.9 Å². The SMILES string of the molecule is CC(=O)CN1CCN(C(=O)NCCCCc2cnc3c(c2)CCCC3)CC1=O. The van der Waals surface area contributed by atoms with E-state index < -0.39 is 0 Å². The first kappa shape index (κ1) is 20.3. The van der Waals surface area contributed by atoms with Gasteiger partial charge in [0.25, 0.3) is 0 Å². The molecule has 0 saturated carbocycles. The zero-order chi connectivity index (χ0) is 19.9. The van der Waals surface area contributed by atoms with Crippen LogP contribution >= 0.6 is 0 Å². The zero-order valence-electron chi connectivity index (χ0n) is 16.7. The van der Waals surface area contributed by atoms with Gasteiger partial charge in [0, 0.05) is 31.5 Å². The topological polar surface area (TPSA) is 82.6 Å². The summed E-state index contributed by atoms with van der Waals surface area (Å²) in [6.45, 7) is 3.11. The Kier molecular flexibility index (Phi) is 7.01. The van der Waals surface area contributed by atoms with Crippen LogP contribution < -0.4 is 5.32 Å². The molecule has 3 rings (SSSR count). The number of aromatic nitrogens is 1. The number of carbonyl (C=O) groups excluding carboxylic acids is 3. The smallest absolute Gasteiger partial charge is 0.317 e. The number of ketones is 1. The van der Waals surface area contributed by atoms with Crippen LogP contribution in [0.15, 0.2) is 12.3 Å². The van der Waals surface area contributed by atoms with Crippen LogP contribution in [0.1, 0.15) is 49.4 Å². The van der Waals surface area contributed by atoms with E-state index in [1.54, 1.807) is 0 Å². The van der Waals surface area contributed by atoms with Crippen LogP contribution in [0.5, 0.6) is 0 Å². The summed E-state index contributed by atoms with van der Waals surface area (Å²) in [5.41, 5.74) is 3.95. The number of Topliss-reactive ketones (excluding diaryl/α,β-unsaturated/α-hetero) is 1. The molecule has 2 heterocycles. The molecule has 1 N–H and O–H groups in total. The first-order valence-electron chi connectivity index (χ1n) is 10.3. The lowest BCUT2D eigenvalue weighted by Gasteiger charge is -2.33. The number of urea groups is 1. The summed E-state index contributed by atoms with van der Waals surface area (Å²) in [4.78, 5) is 43.1. The van der Waals surface area contributed by atoms with Crippen molar-refractivity contribution in [2.75, 3.05) is 32.7 Å². The van der Waals surface area contributed by atoms with Crippen molar-refractivity contribution < 1.29 is 14.4 Å². The van der Waals surface area contributed by atoms with Crippen molar-refractivity contribution in [3.63, 3.8) is 0 Å². The lowest BCUT2D eigenvalue weighted by molar-refractivity contribution is -0.138. The zero-order valence-corrected chi connectivity index (χ0v) is 16.7. The molecule has 0 bridgehead atoms. The number of carbonyl (C=O) groups is 3. The Morgan fingerprint density at radius 3 is 2.79 bits per heavy atom. The Morgan fingerprint density at radius 1 is 1.18 bits per heavy atom. The van der Waals surface area contributed by atoms with Crippen LogP contribution in [0.3, 0.4) is 0 Å². The van der Waals surface area contributed by atoms with E-state index in [2.05, 4.69) is 16.4 Å². The van der Waals surface area contributed by atoms with E-state index in [1.807, 2.05) is 6.20 Å². The van der Waals surface area contributed by atoms with Crippen molar-refractivity contribution in [3.8, 4) is 0 Å². The lowest BCUT2D eigenvalue weighted by atomic mass is 9.94. The molecule has 1 fully saturated rings. The molecule has 0 unspecified atom stereocenters. The summed E-state index contributed by atoms with van der Waals surface area (Å²) >= 11 is 0. The Balaban J connectivity index is 1.34. The van der Waals surface area contributed by atoms with Gasteiger partial charge in [-0.15, -0.1) is 0 Å². The Morgan fingerprint density at radius 2 is 2.00 bits per heavy atom. The van der Waals surface area contributed by atoms with Crippen molar-refractivity contribution in [2.24, 2.45) is 0 Å². The van der Waals surface area contributed by atoms with E-state index in [1.165, 1.54) is 46.4 Å². The third kappa shape index (κ3) is 5.53. The van der Waals surface area contributed by atoms with E-state index in [0.29, 0.717) is 19.6 Å². The predicted molar refractivity (Wildman–Crippen MR) is 106 cm³/mol. The van der Waals surface area contributed by atoms with Gasteiger partial charge in [0.05, 0.1) is 6.54 Å². The Hall–Kier alpha value is -2.44. The van der Waals surface area contributed by atoms with Gasteiger partial charge in [-0.25, -0.2) is 4.79 Å². The molecule has 1 aromatic rings. The third-order valence-electron chi connectivity index (χ3n) is 5.41. The van der Waals surface area contributed by atoms with Gasteiger partial charge in [-0.3, -0.25) is 14.6 Å². The maximum absolute atomic E-state index is 12.2. The molecular formula is C21H30N4O3. The molecule has 1 aliphatic heterocycles. The summed E-state index contributed by atoms with van der Waals surface area (Å²) in [7, 11) is 0. The molecule has 152 valence electrons. The van der Waals surface area contributed by atoms with Crippen molar-refractivity contribution in [1.29, 1.82) is 0 Å². The summed E-state index contributed by atoms with van der Waals surface area (Å²) in [5.74, 6) is -0.211. The maximum atomic E-state index is 12.2. The third-order valence-corrected chi connectivity index (χ3v) is 5.41. The number of unbranched alkanes of at least 4 members (excludes halogenated alkanes) is 1. The van der Waals surface area contributed by atoms with Crippen molar-refractivity contribution >= 4 is 17.7 Å². The summed E-state index contributed by atoms with van der Waals surface area (Å²) in [5, 5.41) is 2.90. The summed E-state index contributed by atoms with van der Waals surface area (Å²) in [6, 6.07) is 2.10. The number of rotatable bonds is 7. The number of hydrogen-bond acceptors (Lipinski definition) is 4. The lowest BCUT2D eigenvalue weighted by Crippen LogP contribution is -2.55.